The summed E-state index contributed by atoms with van der Waals surface area (Å²) in [6, 6.07) is 11.4. The van der Waals surface area contributed by atoms with Crippen molar-refractivity contribution in [3.63, 3.8) is 0 Å². The largest absolute Gasteiger partial charge is 0.398 e. The third kappa shape index (κ3) is 2.60. The highest BCUT2D eigenvalue weighted by molar-refractivity contribution is 9.10. The fourth-order valence-corrected chi connectivity index (χ4v) is 1.94. The minimum absolute atomic E-state index is 0.313. The number of nitriles is 1. The van der Waals surface area contributed by atoms with E-state index in [0.717, 1.165) is 11.4 Å². The standard InChI is InChI=1S/C13H9BrFN3/c14-11-5-9(15)2-4-13(11)18-10-3-1-8(7-16)12(17)6-10/h1-6,18H,17H2. The number of nitrogens with one attached hydrogen (secondary N) is 1. The average Bonchev–Trinajstić information content (AvgIpc) is 2.33. The zero-order valence-corrected chi connectivity index (χ0v) is 10.8. The quantitative estimate of drug-likeness (QED) is 0.830. The van der Waals surface area contributed by atoms with Gasteiger partial charge in [-0.2, -0.15) is 5.26 Å². The molecular formula is C13H9BrFN3. The SMILES string of the molecule is N#Cc1ccc(Nc2ccc(F)cc2Br)cc1N. The van der Waals surface area contributed by atoms with Crippen LogP contribution in [0.1, 0.15) is 5.56 Å². The number of nitrogens with zero attached hydrogens (tertiary/aromatic N) is 1. The Hall–Kier alpha value is -2.06. The van der Waals surface area contributed by atoms with Crippen LogP contribution in [0, 0.1) is 17.1 Å². The molecule has 0 aliphatic rings. The molecule has 2 aromatic carbocycles. The Bertz CT molecular complexity index is 635. The van der Waals surface area contributed by atoms with Crippen LogP contribution in [0.5, 0.6) is 0 Å². The number of hydrogen-bond acceptors (Lipinski definition) is 3. The molecule has 0 spiro atoms. The molecule has 2 aromatic rings. The molecule has 0 bridgehead atoms. The maximum atomic E-state index is 12.9. The Morgan fingerprint density at radius 2 is 2.00 bits per heavy atom. The number of rotatable bonds is 2. The lowest BCUT2D eigenvalue weighted by molar-refractivity contribution is 0.627. The lowest BCUT2D eigenvalue weighted by Crippen LogP contribution is -1.95. The monoisotopic (exact) mass is 305 g/mol. The Labute approximate surface area is 112 Å². The predicted molar refractivity (Wildman–Crippen MR) is 73.0 cm³/mol. The van der Waals surface area contributed by atoms with Crippen LogP contribution < -0.4 is 11.1 Å². The van der Waals surface area contributed by atoms with Gasteiger partial charge in [0, 0.05) is 10.2 Å². The molecule has 90 valence electrons. The molecule has 0 unspecified atom stereocenters. The number of nitrogens with two attached hydrogens (primary N) is 1. The Morgan fingerprint density at radius 1 is 1.22 bits per heavy atom. The molecule has 2 rings (SSSR count). The van der Waals surface area contributed by atoms with Gasteiger partial charge in [0.25, 0.3) is 0 Å². The van der Waals surface area contributed by atoms with Crippen molar-refractivity contribution in [2.45, 2.75) is 0 Å². The topological polar surface area (TPSA) is 61.8 Å². The Kier molecular flexibility index (Phi) is 3.49. The summed E-state index contributed by atoms with van der Waals surface area (Å²) in [5.74, 6) is -0.313. The summed E-state index contributed by atoms with van der Waals surface area (Å²) in [6.07, 6.45) is 0. The maximum absolute atomic E-state index is 12.9. The molecule has 0 aliphatic carbocycles. The van der Waals surface area contributed by atoms with Gasteiger partial charge >= 0.3 is 0 Å². The molecule has 5 heteroatoms. The van der Waals surface area contributed by atoms with Crippen LogP contribution in [0.15, 0.2) is 40.9 Å². The second-order valence-electron chi connectivity index (χ2n) is 3.66. The third-order valence-corrected chi connectivity index (χ3v) is 3.04. The summed E-state index contributed by atoms with van der Waals surface area (Å²) >= 11 is 3.27. The van der Waals surface area contributed by atoms with Crippen LogP contribution in [-0.2, 0) is 0 Å². The molecular weight excluding hydrogens is 297 g/mol. The normalized spacial score (nSPS) is 9.83. The second-order valence-corrected chi connectivity index (χ2v) is 4.52. The minimum Gasteiger partial charge on any atom is -0.398 e. The number of nitrogen functional groups attached to an aromatic ring is 1. The highest BCUT2D eigenvalue weighted by atomic mass is 79.9. The molecule has 18 heavy (non-hydrogen) atoms. The van der Waals surface area contributed by atoms with Crippen molar-refractivity contribution in [2.24, 2.45) is 0 Å². The average molecular weight is 306 g/mol. The van der Waals surface area contributed by atoms with Crippen molar-refractivity contribution >= 4 is 33.0 Å². The van der Waals surface area contributed by atoms with Crippen LogP contribution in [0.2, 0.25) is 0 Å². The van der Waals surface area contributed by atoms with Crippen molar-refractivity contribution in [3.05, 3.63) is 52.3 Å². The van der Waals surface area contributed by atoms with Gasteiger partial charge in [-0.1, -0.05) is 0 Å². The molecule has 0 atom stereocenters. The molecule has 0 radical (unpaired) electrons. The van der Waals surface area contributed by atoms with Gasteiger partial charge in [0.2, 0.25) is 0 Å². The van der Waals surface area contributed by atoms with Crippen molar-refractivity contribution in [3.8, 4) is 6.07 Å². The maximum Gasteiger partial charge on any atom is 0.124 e. The van der Waals surface area contributed by atoms with E-state index in [-0.39, 0.29) is 5.82 Å². The summed E-state index contributed by atoms with van der Waals surface area (Å²) in [4.78, 5) is 0. The fourth-order valence-electron chi connectivity index (χ4n) is 1.49. The van der Waals surface area contributed by atoms with E-state index in [1.807, 2.05) is 6.07 Å². The molecule has 0 amide bonds. The Balaban J connectivity index is 2.29. The van der Waals surface area contributed by atoms with Crippen LogP contribution in [0.3, 0.4) is 0 Å². The highest BCUT2D eigenvalue weighted by Gasteiger charge is 2.04. The van der Waals surface area contributed by atoms with Gasteiger partial charge in [-0.25, -0.2) is 4.39 Å². The zero-order chi connectivity index (χ0) is 13.1. The van der Waals surface area contributed by atoms with Gasteiger partial charge in [0.1, 0.15) is 11.9 Å². The van der Waals surface area contributed by atoms with Crippen LogP contribution in [0.4, 0.5) is 21.5 Å². The summed E-state index contributed by atoms with van der Waals surface area (Å²) < 4.78 is 13.6. The first-order valence-electron chi connectivity index (χ1n) is 5.12. The van der Waals surface area contributed by atoms with Gasteiger partial charge < -0.3 is 11.1 Å². The lowest BCUT2D eigenvalue weighted by Gasteiger charge is -2.09. The third-order valence-electron chi connectivity index (χ3n) is 2.38. The van der Waals surface area contributed by atoms with E-state index in [1.54, 1.807) is 24.3 Å². The molecule has 3 nitrogen and oxygen atoms in total. The summed E-state index contributed by atoms with van der Waals surface area (Å²) in [6.45, 7) is 0. The zero-order valence-electron chi connectivity index (χ0n) is 9.24. The first-order chi connectivity index (χ1) is 8.60. The summed E-state index contributed by atoms with van der Waals surface area (Å²) in [5, 5.41) is 11.9. The first-order valence-corrected chi connectivity index (χ1v) is 5.91. The lowest BCUT2D eigenvalue weighted by atomic mass is 10.1. The summed E-state index contributed by atoms with van der Waals surface area (Å²) in [7, 11) is 0. The van der Waals surface area contributed by atoms with Crippen molar-refractivity contribution in [2.75, 3.05) is 11.1 Å². The second kappa shape index (κ2) is 5.07. The molecule has 0 saturated heterocycles. The highest BCUT2D eigenvalue weighted by Crippen LogP contribution is 2.27. The van der Waals surface area contributed by atoms with Gasteiger partial charge in [-0.05, 0) is 52.3 Å². The molecule has 0 saturated carbocycles. The molecule has 0 fully saturated rings. The van der Waals surface area contributed by atoms with Crippen LogP contribution in [-0.4, -0.2) is 0 Å². The van der Waals surface area contributed by atoms with Crippen LogP contribution in [0.25, 0.3) is 0 Å². The van der Waals surface area contributed by atoms with E-state index in [1.165, 1.54) is 12.1 Å². The molecule has 0 aliphatic heterocycles. The summed E-state index contributed by atoms with van der Waals surface area (Å²) in [5.41, 5.74) is 8.00. The van der Waals surface area contributed by atoms with E-state index in [4.69, 9.17) is 11.0 Å². The van der Waals surface area contributed by atoms with Gasteiger partial charge in [0.05, 0.1) is 16.9 Å². The number of hydrogen-bond donors (Lipinski definition) is 2. The van der Waals surface area contributed by atoms with E-state index in [9.17, 15) is 4.39 Å². The van der Waals surface area contributed by atoms with Gasteiger partial charge in [0.15, 0.2) is 0 Å². The van der Waals surface area contributed by atoms with E-state index in [2.05, 4.69) is 21.2 Å². The number of halogens is 2. The minimum atomic E-state index is -0.313. The van der Waals surface area contributed by atoms with Crippen molar-refractivity contribution in [1.29, 1.82) is 5.26 Å². The van der Waals surface area contributed by atoms with Crippen molar-refractivity contribution in [1.82, 2.24) is 0 Å². The van der Waals surface area contributed by atoms with Crippen LogP contribution >= 0.6 is 15.9 Å². The van der Waals surface area contributed by atoms with E-state index in [0.29, 0.717) is 15.7 Å². The fraction of sp³-hybridized carbons (Fsp3) is 0. The number of anilines is 3. The van der Waals surface area contributed by atoms with Gasteiger partial charge in [-0.3, -0.25) is 0 Å². The van der Waals surface area contributed by atoms with E-state index < -0.39 is 0 Å². The smallest absolute Gasteiger partial charge is 0.124 e. The van der Waals surface area contributed by atoms with Crippen molar-refractivity contribution < 1.29 is 4.39 Å². The predicted octanol–water partition coefficient (Wildman–Crippen LogP) is 3.79. The first kappa shape index (κ1) is 12.4. The molecule has 0 heterocycles. The molecule has 3 N–H and O–H groups in total. The Morgan fingerprint density at radius 3 is 2.61 bits per heavy atom. The molecule has 0 aromatic heterocycles. The van der Waals surface area contributed by atoms with E-state index >= 15 is 0 Å². The van der Waals surface area contributed by atoms with Gasteiger partial charge in [-0.15, -0.1) is 0 Å². The number of benzene rings is 2.